The molecule has 41 heavy (non-hydrogen) atoms. The van der Waals surface area contributed by atoms with Gasteiger partial charge in [-0.05, 0) is 44.5 Å². The number of fused-ring (bicyclic) bond motifs is 3. The van der Waals surface area contributed by atoms with E-state index in [0.717, 1.165) is 6.26 Å². The molecule has 0 bridgehead atoms. The molecule has 1 aromatic carbocycles. The number of benzene rings is 1. The minimum absolute atomic E-state index is 0.0297. The minimum Gasteiger partial charge on any atom is -0.508 e. The lowest BCUT2D eigenvalue weighted by Crippen LogP contribution is -2.65. The van der Waals surface area contributed by atoms with E-state index in [0.29, 0.717) is 11.3 Å². The minimum atomic E-state index is -3.50. The van der Waals surface area contributed by atoms with Crippen LogP contribution in [0.3, 0.4) is 0 Å². The fraction of sp³-hybridized carbons (Fsp3) is 0.444. The van der Waals surface area contributed by atoms with E-state index in [2.05, 4.69) is 16.6 Å². The highest BCUT2D eigenvalue weighted by Gasteiger charge is 2.64. The normalized spacial score (nSPS) is 25.8. The van der Waals surface area contributed by atoms with Gasteiger partial charge in [-0.2, -0.15) is 0 Å². The van der Waals surface area contributed by atoms with Gasteiger partial charge < -0.3 is 31.1 Å². The molecule has 0 spiro atoms. The van der Waals surface area contributed by atoms with Crippen LogP contribution >= 0.6 is 0 Å². The second-order valence-electron chi connectivity index (χ2n) is 10.9. The maximum absolute atomic E-state index is 14.0. The Morgan fingerprint density at radius 2 is 1.83 bits per heavy atom. The zero-order valence-electron chi connectivity index (χ0n) is 23.1. The summed E-state index contributed by atoms with van der Waals surface area (Å²) < 4.78 is 24.9. The van der Waals surface area contributed by atoms with Gasteiger partial charge in [-0.25, -0.2) is 13.1 Å². The highest BCUT2D eigenvalue weighted by atomic mass is 32.2. The molecule has 0 saturated heterocycles. The highest BCUT2D eigenvalue weighted by molar-refractivity contribution is 7.88. The Bertz CT molecular complexity index is 1610. The zero-order valence-corrected chi connectivity index (χ0v) is 24.0. The van der Waals surface area contributed by atoms with Crippen molar-refractivity contribution < 1.29 is 43.2 Å². The lowest BCUT2D eigenvalue weighted by Gasteiger charge is -2.50. The average molecular weight is 589 g/mol. The molecule has 1 fully saturated rings. The first-order chi connectivity index (χ1) is 18.9. The molecule has 1 aromatic rings. The van der Waals surface area contributed by atoms with Gasteiger partial charge in [-0.1, -0.05) is 11.8 Å². The van der Waals surface area contributed by atoms with Crippen molar-refractivity contribution in [3.05, 3.63) is 39.7 Å². The Kier molecular flexibility index (Phi) is 7.47. The molecule has 0 unspecified atom stereocenters. The van der Waals surface area contributed by atoms with E-state index in [9.17, 15) is 43.2 Å². The predicted octanol–water partition coefficient (Wildman–Crippen LogP) is -1.07. The Morgan fingerprint density at radius 3 is 2.37 bits per heavy atom. The topological polar surface area (TPSA) is 211 Å². The molecule has 0 aliphatic heterocycles. The molecule has 0 aromatic heterocycles. The first-order valence-electron chi connectivity index (χ1n) is 12.6. The fourth-order valence-corrected chi connectivity index (χ4v) is 6.43. The second-order valence-corrected chi connectivity index (χ2v) is 12.7. The quantitative estimate of drug-likeness (QED) is 0.180. The molecule has 1 amide bonds. The molecule has 3 aliphatic rings. The number of nitrogens with one attached hydrogen (secondary N) is 1. The first-order valence-corrected chi connectivity index (χ1v) is 14.5. The number of Topliss-reactive ketones (excluding diaryl/α,β-unsaturated/α-hetero) is 2. The maximum atomic E-state index is 14.0. The number of sulfonamides is 1. The van der Waals surface area contributed by atoms with E-state index in [1.165, 1.54) is 19.0 Å². The van der Waals surface area contributed by atoms with Crippen molar-refractivity contribution in [1.29, 1.82) is 0 Å². The van der Waals surface area contributed by atoms with Crippen molar-refractivity contribution >= 4 is 38.9 Å². The summed E-state index contributed by atoms with van der Waals surface area (Å²) in [7, 11) is 3.02. The van der Waals surface area contributed by atoms with Crippen LogP contribution in [0.4, 0.5) is 5.69 Å². The van der Waals surface area contributed by atoms with Crippen LogP contribution in [0, 0.1) is 23.7 Å². The van der Waals surface area contributed by atoms with Gasteiger partial charge in [-0.3, -0.25) is 19.3 Å². The van der Waals surface area contributed by atoms with E-state index in [4.69, 9.17) is 5.73 Å². The van der Waals surface area contributed by atoms with Crippen LogP contribution in [0.2, 0.25) is 0 Å². The summed E-state index contributed by atoms with van der Waals surface area (Å²) in [6.07, 6.45) is 1.06. The number of hydrogen-bond acceptors (Lipinski definition) is 11. The molecular weight excluding hydrogens is 556 g/mol. The number of nitrogens with two attached hydrogens (primary N) is 1. The zero-order chi connectivity index (χ0) is 30.8. The number of ketones is 2. The van der Waals surface area contributed by atoms with E-state index in [1.807, 2.05) is 0 Å². The van der Waals surface area contributed by atoms with Crippen LogP contribution in [0.25, 0.3) is 5.76 Å². The van der Waals surface area contributed by atoms with Gasteiger partial charge in [0.1, 0.15) is 22.8 Å². The van der Waals surface area contributed by atoms with Crippen molar-refractivity contribution in [2.75, 3.05) is 45.9 Å². The summed E-state index contributed by atoms with van der Waals surface area (Å²) in [5, 5.41) is 45.3. The Balaban J connectivity index is 1.94. The van der Waals surface area contributed by atoms with Crippen molar-refractivity contribution in [2.45, 2.75) is 24.5 Å². The monoisotopic (exact) mass is 588 g/mol. The van der Waals surface area contributed by atoms with Gasteiger partial charge >= 0.3 is 0 Å². The number of phenolic OH excluding ortho intramolecular Hbond substituents is 1. The Hall–Kier alpha value is -3.90. The van der Waals surface area contributed by atoms with E-state index in [-0.39, 0.29) is 36.1 Å². The van der Waals surface area contributed by atoms with Crippen molar-refractivity contribution in [3.63, 3.8) is 0 Å². The number of phenols is 1. The van der Waals surface area contributed by atoms with Gasteiger partial charge in [0.2, 0.25) is 15.8 Å². The molecule has 220 valence electrons. The number of hydrogen-bond donors (Lipinski definition) is 6. The summed E-state index contributed by atoms with van der Waals surface area (Å²) in [5.41, 5.74) is 2.43. The number of amides is 1. The molecular formula is C27H32N4O9S. The second kappa shape index (κ2) is 10.2. The predicted molar refractivity (Wildman–Crippen MR) is 148 cm³/mol. The number of rotatable bonds is 5. The number of nitrogens with zero attached hydrogens (tertiary/aromatic N) is 2. The van der Waals surface area contributed by atoms with Crippen molar-refractivity contribution in [3.8, 4) is 17.6 Å². The molecule has 1 saturated carbocycles. The van der Waals surface area contributed by atoms with Gasteiger partial charge in [-0.15, -0.1) is 0 Å². The summed E-state index contributed by atoms with van der Waals surface area (Å²) in [6, 6.07) is 0.397. The number of aliphatic hydroxyl groups excluding tert-OH is 2. The van der Waals surface area contributed by atoms with Crippen LogP contribution in [0.1, 0.15) is 23.1 Å². The summed E-state index contributed by atoms with van der Waals surface area (Å²) in [5.74, 6) is -2.14. The fourth-order valence-electron chi connectivity index (χ4n) is 6.09. The number of likely N-dealkylation sites (N-methyl/N-ethyl adjacent to an activating group) is 1. The third-order valence-electron chi connectivity index (χ3n) is 7.82. The van der Waals surface area contributed by atoms with Crippen LogP contribution in [-0.2, 0) is 30.8 Å². The van der Waals surface area contributed by atoms with Gasteiger partial charge in [0.15, 0.2) is 11.4 Å². The van der Waals surface area contributed by atoms with E-state index < -0.39 is 73.8 Å². The molecule has 0 heterocycles. The number of carbonyl (C=O) groups is 3. The first kappa shape index (κ1) is 30.1. The van der Waals surface area contributed by atoms with Crippen LogP contribution in [0.5, 0.6) is 5.75 Å². The van der Waals surface area contributed by atoms with Crippen molar-refractivity contribution in [1.82, 2.24) is 9.62 Å². The van der Waals surface area contributed by atoms with Crippen LogP contribution in [0.15, 0.2) is 23.0 Å². The standard InChI is InChI=1S/C27H32N4O9S/c1-30(2)16-11-12(7-6-8-29-41(5,39)40)21(32)18-14(16)9-13-10-15-20(31(3)4)23(34)19(26(28)37)25(36)27(15,38)24(35)17(13)22(18)33/h11,13,15,20,29,32-33,36,38H,8-10H2,1-5H3,(H2,28,37)/t13-,15-,20-,27-/m0/s1. The molecule has 4 rings (SSSR count). The largest absolute Gasteiger partial charge is 0.508 e. The average Bonchev–Trinajstić information content (AvgIpc) is 2.83. The third-order valence-corrected chi connectivity index (χ3v) is 8.49. The molecule has 4 atom stereocenters. The van der Waals surface area contributed by atoms with Gasteiger partial charge in [0, 0.05) is 31.3 Å². The van der Waals surface area contributed by atoms with E-state index >= 15 is 0 Å². The number of anilines is 1. The van der Waals surface area contributed by atoms with Crippen molar-refractivity contribution in [2.24, 2.45) is 17.6 Å². The molecule has 7 N–H and O–H groups in total. The Labute approximate surface area is 237 Å². The summed E-state index contributed by atoms with van der Waals surface area (Å²) in [6.45, 7) is -0.242. The smallest absolute Gasteiger partial charge is 0.255 e. The lowest BCUT2D eigenvalue weighted by atomic mass is 9.57. The number of aliphatic hydroxyl groups is 3. The van der Waals surface area contributed by atoms with Gasteiger partial charge in [0.25, 0.3) is 5.91 Å². The van der Waals surface area contributed by atoms with E-state index in [1.54, 1.807) is 25.1 Å². The summed E-state index contributed by atoms with van der Waals surface area (Å²) >= 11 is 0. The van der Waals surface area contributed by atoms with Gasteiger partial charge in [0.05, 0.1) is 30.0 Å². The van der Waals surface area contributed by atoms with Crippen LogP contribution < -0.4 is 15.4 Å². The molecule has 0 radical (unpaired) electrons. The van der Waals surface area contributed by atoms with Crippen LogP contribution in [-0.4, -0.2) is 104 Å². The third kappa shape index (κ3) is 4.74. The maximum Gasteiger partial charge on any atom is 0.255 e. The molecule has 3 aliphatic carbocycles. The number of primary amides is 1. The number of aromatic hydroxyl groups is 1. The summed E-state index contributed by atoms with van der Waals surface area (Å²) in [4.78, 5) is 42.5. The molecule has 13 nitrogen and oxygen atoms in total. The SMILES string of the molecule is CN(C)c1cc(C#CCNS(C)(=O)=O)c(O)c2c1C[C@H]1C[C@H]3[C@H](N(C)C)C(=O)C(C(N)=O)=C(O)[C@@]3(O)C(=O)C1=C2O. The number of carbonyl (C=O) groups excluding carboxylic acids is 3. The lowest BCUT2D eigenvalue weighted by molar-refractivity contribution is -0.153. The molecule has 14 heteroatoms. The highest BCUT2D eigenvalue weighted by Crippen LogP contribution is 2.54. The Morgan fingerprint density at radius 1 is 1.20 bits per heavy atom.